The second-order valence-electron chi connectivity index (χ2n) is 4.24. The summed E-state index contributed by atoms with van der Waals surface area (Å²) >= 11 is 0. The highest BCUT2D eigenvalue weighted by Crippen LogP contribution is 2.13. The number of aliphatic carboxylic acids is 1. The van der Waals surface area contributed by atoms with Gasteiger partial charge in [0.15, 0.2) is 0 Å². The van der Waals surface area contributed by atoms with Gasteiger partial charge in [-0.3, -0.25) is 9.59 Å². The number of aromatic nitrogens is 2. The maximum absolute atomic E-state index is 11.9. The van der Waals surface area contributed by atoms with Crippen molar-refractivity contribution in [2.24, 2.45) is 0 Å². The third kappa shape index (κ3) is 5.81. The van der Waals surface area contributed by atoms with Gasteiger partial charge in [0, 0.05) is 31.3 Å². The Morgan fingerprint density at radius 2 is 2.05 bits per heavy atom. The van der Waals surface area contributed by atoms with Crippen molar-refractivity contribution in [3.05, 3.63) is 18.2 Å². The van der Waals surface area contributed by atoms with Gasteiger partial charge in [0.05, 0.1) is 6.33 Å². The van der Waals surface area contributed by atoms with Crippen LogP contribution in [0.1, 0.15) is 12.1 Å². The third-order valence-corrected chi connectivity index (χ3v) is 2.51. The van der Waals surface area contributed by atoms with Gasteiger partial charge in [0.2, 0.25) is 5.91 Å². The number of H-pyrrole nitrogens is 1. The van der Waals surface area contributed by atoms with Crippen molar-refractivity contribution in [2.75, 3.05) is 6.54 Å². The standard InChI is InChI=1S/C11H13F3N4O4/c12-11(13,14)10(22)16-2-1-8(19)18-7(9(20)21)3-6-4-15-5-17-6/h4-5,7H,1-3H2,(H,15,17)(H,16,22)(H,18,19)(H,20,21)/t7-/m0/s1. The molecule has 4 N–H and O–H groups in total. The van der Waals surface area contributed by atoms with E-state index in [0.29, 0.717) is 5.69 Å². The summed E-state index contributed by atoms with van der Waals surface area (Å²) in [7, 11) is 0. The van der Waals surface area contributed by atoms with Crippen molar-refractivity contribution in [1.29, 1.82) is 0 Å². The van der Waals surface area contributed by atoms with E-state index in [1.54, 1.807) is 0 Å². The zero-order valence-electron chi connectivity index (χ0n) is 11.1. The smallest absolute Gasteiger partial charge is 0.471 e. The topological polar surface area (TPSA) is 124 Å². The van der Waals surface area contributed by atoms with Gasteiger partial charge in [0.1, 0.15) is 6.04 Å². The van der Waals surface area contributed by atoms with Crippen molar-refractivity contribution in [3.63, 3.8) is 0 Å². The monoisotopic (exact) mass is 322 g/mol. The number of alkyl halides is 3. The summed E-state index contributed by atoms with van der Waals surface area (Å²) in [6.07, 6.45) is -2.85. The SMILES string of the molecule is O=C(CCNC(=O)C(F)(F)F)N[C@@H](Cc1cnc[nH]1)C(=O)O. The predicted octanol–water partition coefficient (Wildman–Crippen LogP) is -0.410. The first-order valence-corrected chi connectivity index (χ1v) is 6.04. The Balaban J connectivity index is 2.41. The Hall–Kier alpha value is -2.59. The molecule has 11 heteroatoms. The van der Waals surface area contributed by atoms with Crippen molar-refractivity contribution in [2.45, 2.75) is 25.1 Å². The molecule has 0 unspecified atom stereocenters. The van der Waals surface area contributed by atoms with Gasteiger partial charge < -0.3 is 20.7 Å². The Morgan fingerprint density at radius 3 is 2.55 bits per heavy atom. The van der Waals surface area contributed by atoms with Gasteiger partial charge >= 0.3 is 18.1 Å². The molecule has 0 spiro atoms. The molecule has 0 radical (unpaired) electrons. The minimum absolute atomic E-state index is 0.0595. The number of hydrogen-bond donors (Lipinski definition) is 4. The summed E-state index contributed by atoms with van der Waals surface area (Å²) < 4.78 is 35.7. The van der Waals surface area contributed by atoms with Crippen LogP contribution in [0.5, 0.6) is 0 Å². The second kappa shape index (κ2) is 7.43. The zero-order valence-corrected chi connectivity index (χ0v) is 11.1. The molecular formula is C11H13F3N4O4. The summed E-state index contributed by atoms with van der Waals surface area (Å²) in [5.41, 5.74) is 0.470. The minimum atomic E-state index is -5.03. The molecule has 0 fully saturated rings. The number of halogens is 3. The van der Waals surface area contributed by atoms with E-state index in [0.717, 1.165) is 0 Å². The van der Waals surface area contributed by atoms with Crippen LogP contribution in [0.15, 0.2) is 12.5 Å². The van der Waals surface area contributed by atoms with Crippen molar-refractivity contribution in [3.8, 4) is 0 Å². The van der Waals surface area contributed by atoms with E-state index in [2.05, 4.69) is 15.3 Å². The van der Waals surface area contributed by atoms with Gasteiger partial charge in [-0.15, -0.1) is 0 Å². The lowest BCUT2D eigenvalue weighted by molar-refractivity contribution is -0.173. The number of imidazole rings is 1. The molecule has 2 amide bonds. The Kier molecular flexibility index (Phi) is 5.90. The van der Waals surface area contributed by atoms with Crippen LogP contribution in [0, 0.1) is 0 Å². The molecule has 1 heterocycles. The summed E-state index contributed by atoms with van der Waals surface area (Å²) in [4.78, 5) is 39.4. The fourth-order valence-corrected chi connectivity index (χ4v) is 1.47. The summed E-state index contributed by atoms with van der Waals surface area (Å²) in [5.74, 6) is -4.26. The van der Waals surface area contributed by atoms with Crippen LogP contribution in [0.2, 0.25) is 0 Å². The summed E-state index contributed by atoms with van der Waals surface area (Å²) in [6, 6.07) is -1.26. The molecule has 8 nitrogen and oxygen atoms in total. The van der Waals surface area contributed by atoms with Gasteiger partial charge in [-0.05, 0) is 0 Å². The Bertz CT molecular complexity index is 530. The highest BCUT2D eigenvalue weighted by molar-refractivity contribution is 5.85. The highest BCUT2D eigenvalue weighted by atomic mass is 19.4. The van der Waals surface area contributed by atoms with E-state index in [9.17, 15) is 27.6 Å². The Morgan fingerprint density at radius 1 is 1.36 bits per heavy atom. The Labute approximate surface area is 122 Å². The molecule has 22 heavy (non-hydrogen) atoms. The molecule has 1 atom stereocenters. The number of aromatic amines is 1. The van der Waals surface area contributed by atoms with Gasteiger partial charge in [-0.25, -0.2) is 9.78 Å². The van der Waals surface area contributed by atoms with E-state index in [-0.39, 0.29) is 6.42 Å². The van der Waals surface area contributed by atoms with Crippen LogP contribution >= 0.6 is 0 Å². The molecule has 0 aliphatic carbocycles. The molecule has 1 aromatic heterocycles. The van der Waals surface area contributed by atoms with Crippen LogP contribution in [0.25, 0.3) is 0 Å². The largest absolute Gasteiger partial charge is 0.480 e. The van der Waals surface area contributed by atoms with Gasteiger partial charge in [-0.1, -0.05) is 0 Å². The minimum Gasteiger partial charge on any atom is -0.480 e. The number of carboxylic acid groups (broad SMARTS) is 1. The summed E-state index contributed by atoms with van der Waals surface area (Å²) in [5, 5.41) is 12.6. The van der Waals surface area contributed by atoms with E-state index < -0.39 is 43.0 Å². The lowest BCUT2D eigenvalue weighted by Gasteiger charge is -2.14. The molecule has 0 aliphatic heterocycles. The number of carbonyl (C=O) groups excluding carboxylic acids is 2. The van der Waals surface area contributed by atoms with Crippen LogP contribution in [-0.4, -0.2) is 51.6 Å². The average molecular weight is 322 g/mol. The molecule has 1 aromatic rings. The van der Waals surface area contributed by atoms with Gasteiger partial charge in [-0.2, -0.15) is 13.2 Å². The van der Waals surface area contributed by atoms with Crippen molar-refractivity contribution in [1.82, 2.24) is 20.6 Å². The predicted molar refractivity (Wildman–Crippen MR) is 65.5 cm³/mol. The first kappa shape index (κ1) is 17.5. The first-order valence-electron chi connectivity index (χ1n) is 6.04. The maximum Gasteiger partial charge on any atom is 0.471 e. The number of hydrogen-bond acceptors (Lipinski definition) is 4. The van der Waals surface area contributed by atoms with Crippen molar-refractivity contribution < 1.29 is 32.7 Å². The number of amides is 2. The third-order valence-electron chi connectivity index (χ3n) is 2.51. The number of nitrogens with zero attached hydrogens (tertiary/aromatic N) is 1. The average Bonchev–Trinajstić information content (AvgIpc) is 2.89. The molecule has 0 saturated heterocycles. The normalized spacial score (nSPS) is 12.5. The molecule has 0 saturated carbocycles. The van der Waals surface area contributed by atoms with Crippen LogP contribution in [0.3, 0.4) is 0 Å². The number of carbonyl (C=O) groups is 3. The molecule has 0 bridgehead atoms. The quantitative estimate of drug-likeness (QED) is 0.543. The molecule has 1 rings (SSSR count). The fraction of sp³-hybridized carbons (Fsp3) is 0.455. The van der Waals surface area contributed by atoms with Crippen LogP contribution in [0.4, 0.5) is 13.2 Å². The van der Waals surface area contributed by atoms with Crippen LogP contribution in [-0.2, 0) is 20.8 Å². The molecule has 0 aliphatic rings. The van der Waals surface area contributed by atoms with Gasteiger partial charge in [0.25, 0.3) is 0 Å². The number of nitrogens with one attached hydrogen (secondary N) is 3. The zero-order chi connectivity index (χ0) is 16.8. The number of rotatable bonds is 7. The lowest BCUT2D eigenvalue weighted by Crippen LogP contribution is -2.44. The molecule has 0 aromatic carbocycles. The van der Waals surface area contributed by atoms with Crippen molar-refractivity contribution >= 4 is 17.8 Å². The fourth-order valence-electron chi connectivity index (χ4n) is 1.47. The maximum atomic E-state index is 11.9. The van der Waals surface area contributed by atoms with E-state index in [4.69, 9.17) is 5.11 Å². The highest BCUT2D eigenvalue weighted by Gasteiger charge is 2.38. The molecule has 122 valence electrons. The second-order valence-corrected chi connectivity index (χ2v) is 4.24. The molecular weight excluding hydrogens is 309 g/mol. The summed E-state index contributed by atoms with van der Waals surface area (Å²) in [6.45, 7) is -0.555. The first-order chi connectivity index (χ1) is 10.2. The van der Waals surface area contributed by atoms with Crippen LogP contribution < -0.4 is 10.6 Å². The number of carboxylic acids is 1. The lowest BCUT2D eigenvalue weighted by atomic mass is 10.1. The van der Waals surface area contributed by atoms with E-state index >= 15 is 0 Å². The van der Waals surface area contributed by atoms with E-state index in [1.165, 1.54) is 17.8 Å². The van der Waals surface area contributed by atoms with E-state index in [1.807, 2.05) is 0 Å².